The van der Waals surface area contributed by atoms with Gasteiger partial charge in [0.05, 0.1) is 10.6 Å². The predicted octanol–water partition coefficient (Wildman–Crippen LogP) is 4.86. The van der Waals surface area contributed by atoms with Crippen molar-refractivity contribution in [2.24, 2.45) is 0 Å². The van der Waals surface area contributed by atoms with Crippen molar-refractivity contribution in [3.8, 4) is 0 Å². The first-order valence-electron chi connectivity index (χ1n) is 6.34. The van der Waals surface area contributed by atoms with E-state index < -0.39 is 4.87 Å². The lowest BCUT2D eigenvalue weighted by Gasteiger charge is -2.13. The van der Waals surface area contributed by atoms with Gasteiger partial charge in [-0.05, 0) is 31.9 Å². The first kappa shape index (κ1) is 18.1. The molecule has 0 saturated heterocycles. The molecule has 0 aliphatic heterocycles. The lowest BCUT2D eigenvalue weighted by molar-refractivity contribution is 0.726. The topological polar surface area (TPSA) is 51.6 Å². The minimum Gasteiger partial charge on any atom is -0.241 e. The molecule has 21 heavy (non-hydrogen) atoms. The minimum absolute atomic E-state index is 0.417. The van der Waals surface area contributed by atoms with Gasteiger partial charge in [-0.15, -0.1) is 11.6 Å². The van der Waals surface area contributed by atoms with E-state index in [1.807, 2.05) is 13.8 Å². The van der Waals surface area contributed by atoms with Gasteiger partial charge in [0.15, 0.2) is 0 Å². The molecule has 0 aliphatic rings. The highest BCUT2D eigenvalue weighted by atomic mass is 35.5. The van der Waals surface area contributed by atoms with E-state index in [4.69, 9.17) is 34.8 Å². The summed E-state index contributed by atoms with van der Waals surface area (Å²) in [6.07, 6.45) is 2.89. The molecule has 4 nitrogen and oxygen atoms in total. The number of aromatic nitrogens is 4. The molecule has 0 amide bonds. The molecule has 0 N–H and O–H groups in total. The van der Waals surface area contributed by atoms with Crippen LogP contribution >= 0.6 is 34.8 Å². The molecule has 0 radical (unpaired) electrons. The molecule has 2 aromatic rings. The zero-order valence-electron chi connectivity index (χ0n) is 12.3. The van der Waals surface area contributed by atoms with Crippen molar-refractivity contribution in [1.82, 2.24) is 19.9 Å². The Morgan fingerprint density at radius 2 is 1.43 bits per heavy atom. The van der Waals surface area contributed by atoms with Crippen molar-refractivity contribution in [3.05, 3.63) is 46.5 Å². The van der Waals surface area contributed by atoms with Crippen LogP contribution in [-0.4, -0.2) is 19.9 Å². The number of hydrogen-bond donors (Lipinski definition) is 0. The predicted molar refractivity (Wildman–Crippen MR) is 87.1 cm³/mol. The molecule has 0 saturated carbocycles. The van der Waals surface area contributed by atoms with Crippen molar-refractivity contribution in [2.75, 3.05) is 0 Å². The molecule has 0 aromatic carbocycles. The fourth-order valence-corrected chi connectivity index (χ4v) is 1.73. The Kier molecular flexibility index (Phi) is 6.78. The van der Waals surface area contributed by atoms with Crippen LogP contribution in [0.1, 0.15) is 45.0 Å². The Bertz CT molecular complexity index is 582. The van der Waals surface area contributed by atoms with Crippen molar-refractivity contribution < 1.29 is 0 Å². The average molecular weight is 348 g/mol. The van der Waals surface area contributed by atoms with Gasteiger partial charge in [0.25, 0.3) is 0 Å². The van der Waals surface area contributed by atoms with Crippen molar-refractivity contribution in [2.45, 2.75) is 38.5 Å². The Hall–Kier alpha value is -0.970. The summed E-state index contributed by atoms with van der Waals surface area (Å²) in [6, 6.07) is 3.45. The minimum atomic E-state index is -0.480. The summed E-state index contributed by atoms with van der Waals surface area (Å²) in [7, 11) is 0. The fraction of sp³-hybridized carbons (Fsp3) is 0.429. The smallest absolute Gasteiger partial charge is 0.132 e. The van der Waals surface area contributed by atoms with Crippen LogP contribution < -0.4 is 0 Å². The van der Waals surface area contributed by atoms with E-state index in [0.717, 1.165) is 11.4 Å². The zero-order valence-corrected chi connectivity index (χ0v) is 14.6. The van der Waals surface area contributed by atoms with Crippen molar-refractivity contribution in [1.29, 1.82) is 0 Å². The number of alkyl halides is 1. The number of halogens is 3. The normalized spacial score (nSPS) is 11.0. The summed E-state index contributed by atoms with van der Waals surface area (Å²) in [5, 5.41) is 0.933. The van der Waals surface area contributed by atoms with Gasteiger partial charge in [0.1, 0.15) is 23.0 Å². The molecule has 0 unspecified atom stereocenters. The van der Waals surface area contributed by atoms with E-state index >= 15 is 0 Å². The van der Waals surface area contributed by atoms with Crippen molar-refractivity contribution in [3.63, 3.8) is 0 Å². The average Bonchev–Trinajstić information content (AvgIpc) is 2.38. The van der Waals surface area contributed by atoms with Crippen LogP contribution in [0.4, 0.5) is 0 Å². The van der Waals surface area contributed by atoms with Gasteiger partial charge in [-0.2, -0.15) is 0 Å². The van der Waals surface area contributed by atoms with Crippen LogP contribution in [0, 0.1) is 0 Å². The second-order valence-corrected chi connectivity index (χ2v) is 6.84. The van der Waals surface area contributed by atoms with Crippen LogP contribution in [0.3, 0.4) is 0 Å². The molecule has 7 heteroatoms. The van der Waals surface area contributed by atoms with E-state index in [9.17, 15) is 0 Å². The van der Waals surface area contributed by atoms with Crippen molar-refractivity contribution >= 4 is 34.8 Å². The highest BCUT2D eigenvalue weighted by molar-refractivity contribution is 6.29. The molecule has 0 fully saturated rings. The molecule has 0 aliphatic carbocycles. The van der Waals surface area contributed by atoms with E-state index in [2.05, 4.69) is 33.8 Å². The number of hydrogen-bond acceptors (Lipinski definition) is 4. The van der Waals surface area contributed by atoms with Gasteiger partial charge in [0, 0.05) is 5.69 Å². The van der Waals surface area contributed by atoms with Gasteiger partial charge in [-0.3, -0.25) is 0 Å². The van der Waals surface area contributed by atoms with Crippen LogP contribution in [0.15, 0.2) is 24.8 Å². The van der Waals surface area contributed by atoms with Crippen LogP contribution in [0.25, 0.3) is 0 Å². The van der Waals surface area contributed by atoms with Crippen LogP contribution in [0.2, 0.25) is 10.3 Å². The maximum atomic E-state index is 5.98. The maximum Gasteiger partial charge on any atom is 0.132 e. The first-order chi connectivity index (χ1) is 9.70. The van der Waals surface area contributed by atoms with Crippen LogP contribution in [-0.2, 0) is 4.87 Å². The quantitative estimate of drug-likeness (QED) is 0.575. The van der Waals surface area contributed by atoms with Crippen LogP contribution in [0.5, 0.6) is 0 Å². The van der Waals surface area contributed by atoms with E-state index in [1.165, 1.54) is 12.7 Å². The Labute approximate surface area is 139 Å². The second-order valence-electron chi connectivity index (χ2n) is 5.12. The van der Waals surface area contributed by atoms with E-state index in [-0.39, 0.29) is 0 Å². The molecule has 2 aromatic heterocycles. The lowest BCUT2D eigenvalue weighted by atomic mass is 10.1. The highest BCUT2D eigenvalue weighted by Gasteiger charge is 2.18. The molecule has 0 spiro atoms. The highest BCUT2D eigenvalue weighted by Crippen LogP contribution is 2.26. The Balaban J connectivity index is 0.000000211. The second kappa shape index (κ2) is 7.87. The summed E-state index contributed by atoms with van der Waals surface area (Å²) in [5.41, 5.74) is 1.72. The standard InChI is InChI=1S/C7H8Cl2N2.C7H9ClN2/c1-7(2,9)5-3-6(8)11-4-10-5;1-5(2)6-3-7(8)10-4-9-6/h3-4H,1-2H3;3-5H,1-2H3. The van der Waals surface area contributed by atoms with Gasteiger partial charge < -0.3 is 0 Å². The summed E-state index contributed by atoms with van der Waals surface area (Å²) >= 11 is 17.3. The van der Waals surface area contributed by atoms with E-state index in [0.29, 0.717) is 16.2 Å². The van der Waals surface area contributed by atoms with E-state index in [1.54, 1.807) is 12.1 Å². The molecule has 0 atom stereocenters. The number of rotatable bonds is 2. The fourth-order valence-electron chi connectivity index (χ4n) is 1.32. The molecule has 114 valence electrons. The van der Waals surface area contributed by atoms with Gasteiger partial charge in [-0.25, -0.2) is 19.9 Å². The van der Waals surface area contributed by atoms with Gasteiger partial charge in [-0.1, -0.05) is 37.0 Å². The number of nitrogens with zero attached hydrogens (tertiary/aromatic N) is 4. The summed E-state index contributed by atoms with van der Waals surface area (Å²) in [4.78, 5) is 15.1. The maximum absolute atomic E-state index is 5.98. The monoisotopic (exact) mass is 346 g/mol. The summed E-state index contributed by atoms with van der Waals surface area (Å²) in [6.45, 7) is 7.84. The molecule has 2 heterocycles. The zero-order chi connectivity index (χ0) is 16.0. The Morgan fingerprint density at radius 1 is 0.905 bits per heavy atom. The Morgan fingerprint density at radius 3 is 1.76 bits per heavy atom. The largest absolute Gasteiger partial charge is 0.241 e. The lowest BCUT2D eigenvalue weighted by Crippen LogP contribution is -2.09. The third kappa shape index (κ3) is 6.55. The summed E-state index contributed by atoms with van der Waals surface area (Å²) < 4.78 is 0. The van der Waals surface area contributed by atoms with Gasteiger partial charge in [0.2, 0.25) is 0 Å². The third-order valence-corrected chi connectivity index (χ3v) is 3.10. The molecular formula is C14H17Cl3N4. The SMILES string of the molecule is CC(C)(Cl)c1cc(Cl)ncn1.CC(C)c1cc(Cl)ncn1. The third-order valence-electron chi connectivity index (χ3n) is 2.49. The summed E-state index contributed by atoms with van der Waals surface area (Å²) in [5.74, 6) is 0.417. The molecule has 2 rings (SSSR count). The molecule has 0 bridgehead atoms. The van der Waals surface area contributed by atoms with Gasteiger partial charge >= 0.3 is 0 Å². The first-order valence-corrected chi connectivity index (χ1v) is 7.48. The molecular weight excluding hydrogens is 331 g/mol.